The Labute approximate surface area is 79.3 Å². The minimum absolute atomic E-state index is 0.776. The third kappa shape index (κ3) is 2.01. The van der Waals surface area contributed by atoms with Crippen LogP contribution < -0.4 is 5.73 Å². The van der Waals surface area contributed by atoms with Crippen LogP contribution >= 0.6 is 0 Å². The van der Waals surface area contributed by atoms with Crippen LogP contribution in [0.1, 0.15) is 18.2 Å². The van der Waals surface area contributed by atoms with Crippen LogP contribution in [0.3, 0.4) is 0 Å². The Balaban J connectivity index is 2.87. The fourth-order valence-corrected chi connectivity index (χ4v) is 1.30. The van der Waals surface area contributed by atoms with E-state index in [1.165, 1.54) is 0 Å². The van der Waals surface area contributed by atoms with E-state index in [1.54, 1.807) is 4.68 Å². The molecule has 0 radical (unpaired) electrons. The Bertz CT molecular complexity index is 290. The lowest BCUT2D eigenvalue weighted by Crippen LogP contribution is -2.17. The summed E-state index contributed by atoms with van der Waals surface area (Å²) in [5, 5.41) is 4.26. The van der Waals surface area contributed by atoms with E-state index in [0.717, 1.165) is 30.2 Å². The number of nitrogen functional groups attached to an aromatic ring is 1. The summed E-state index contributed by atoms with van der Waals surface area (Å²) in [4.78, 5) is 2.21. The second-order valence-electron chi connectivity index (χ2n) is 3.40. The molecule has 0 atom stereocenters. The van der Waals surface area contributed by atoms with Gasteiger partial charge in [0.1, 0.15) is 5.82 Å². The molecular weight excluding hydrogens is 164 g/mol. The number of hydrogen-bond acceptors (Lipinski definition) is 3. The van der Waals surface area contributed by atoms with Crippen molar-refractivity contribution < 1.29 is 0 Å². The Morgan fingerprint density at radius 2 is 2.15 bits per heavy atom. The van der Waals surface area contributed by atoms with Crippen molar-refractivity contribution in [3.05, 3.63) is 11.3 Å². The molecule has 1 aromatic heterocycles. The van der Waals surface area contributed by atoms with Gasteiger partial charge in [0.05, 0.1) is 5.69 Å². The van der Waals surface area contributed by atoms with Crippen molar-refractivity contribution in [1.29, 1.82) is 0 Å². The van der Waals surface area contributed by atoms with E-state index in [1.807, 2.05) is 14.0 Å². The quantitative estimate of drug-likeness (QED) is 0.751. The molecule has 0 unspecified atom stereocenters. The van der Waals surface area contributed by atoms with Gasteiger partial charge in [0.25, 0.3) is 0 Å². The van der Waals surface area contributed by atoms with E-state index in [0.29, 0.717) is 0 Å². The smallest absolute Gasteiger partial charge is 0.126 e. The molecule has 0 aliphatic carbocycles. The Morgan fingerprint density at radius 1 is 1.54 bits per heavy atom. The average molecular weight is 182 g/mol. The van der Waals surface area contributed by atoms with Crippen molar-refractivity contribution in [1.82, 2.24) is 14.7 Å². The molecule has 4 nitrogen and oxygen atoms in total. The third-order valence-corrected chi connectivity index (χ3v) is 2.36. The van der Waals surface area contributed by atoms with Crippen molar-refractivity contribution in [3.8, 4) is 0 Å². The summed E-state index contributed by atoms with van der Waals surface area (Å²) in [6.07, 6.45) is 0. The van der Waals surface area contributed by atoms with Gasteiger partial charge < -0.3 is 10.6 Å². The van der Waals surface area contributed by atoms with E-state index in [-0.39, 0.29) is 0 Å². The number of aromatic nitrogens is 2. The molecule has 1 heterocycles. The first-order chi connectivity index (χ1) is 6.06. The topological polar surface area (TPSA) is 47.1 Å². The maximum atomic E-state index is 5.88. The van der Waals surface area contributed by atoms with E-state index in [2.05, 4.69) is 24.0 Å². The summed E-state index contributed by atoms with van der Waals surface area (Å²) in [7, 11) is 3.95. The molecule has 2 N–H and O–H groups in total. The zero-order valence-corrected chi connectivity index (χ0v) is 8.83. The van der Waals surface area contributed by atoms with Gasteiger partial charge in [0.15, 0.2) is 0 Å². The van der Waals surface area contributed by atoms with Crippen LogP contribution in [0.25, 0.3) is 0 Å². The van der Waals surface area contributed by atoms with Gasteiger partial charge in [-0.05, 0) is 20.5 Å². The highest BCUT2D eigenvalue weighted by Gasteiger charge is 2.10. The van der Waals surface area contributed by atoms with E-state index >= 15 is 0 Å². The number of rotatable bonds is 3. The number of nitrogens with zero attached hydrogens (tertiary/aromatic N) is 3. The van der Waals surface area contributed by atoms with Gasteiger partial charge in [-0.1, -0.05) is 6.92 Å². The van der Waals surface area contributed by atoms with Gasteiger partial charge in [0.2, 0.25) is 0 Å². The van der Waals surface area contributed by atoms with Crippen LogP contribution in [-0.2, 0) is 13.6 Å². The first-order valence-electron chi connectivity index (χ1n) is 4.52. The maximum absolute atomic E-state index is 5.88. The Hall–Kier alpha value is -1.03. The van der Waals surface area contributed by atoms with Crippen LogP contribution in [0.15, 0.2) is 0 Å². The first-order valence-corrected chi connectivity index (χ1v) is 4.52. The summed E-state index contributed by atoms with van der Waals surface area (Å²) in [6.45, 7) is 6.02. The van der Waals surface area contributed by atoms with E-state index in [4.69, 9.17) is 5.73 Å². The molecular formula is C9H18N4. The van der Waals surface area contributed by atoms with Crippen LogP contribution in [0.4, 0.5) is 5.82 Å². The van der Waals surface area contributed by atoms with Gasteiger partial charge >= 0.3 is 0 Å². The van der Waals surface area contributed by atoms with Crippen molar-refractivity contribution in [2.45, 2.75) is 20.4 Å². The second kappa shape index (κ2) is 3.79. The number of aryl methyl sites for hydroxylation is 2. The van der Waals surface area contributed by atoms with Crippen molar-refractivity contribution in [2.75, 3.05) is 19.3 Å². The van der Waals surface area contributed by atoms with E-state index < -0.39 is 0 Å². The van der Waals surface area contributed by atoms with Crippen molar-refractivity contribution in [3.63, 3.8) is 0 Å². The minimum atomic E-state index is 0.776. The number of anilines is 1. The fourth-order valence-electron chi connectivity index (χ4n) is 1.30. The highest BCUT2D eigenvalue weighted by atomic mass is 15.3. The number of hydrogen-bond donors (Lipinski definition) is 1. The number of nitrogens with two attached hydrogens (primary N) is 1. The van der Waals surface area contributed by atoms with Crippen LogP contribution in [0.5, 0.6) is 0 Å². The lowest BCUT2D eigenvalue weighted by molar-refractivity contribution is 0.345. The molecule has 0 aliphatic rings. The third-order valence-electron chi connectivity index (χ3n) is 2.36. The van der Waals surface area contributed by atoms with Gasteiger partial charge in [-0.3, -0.25) is 4.68 Å². The molecule has 1 aromatic rings. The molecule has 0 saturated heterocycles. The fraction of sp³-hybridized carbons (Fsp3) is 0.667. The van der Waals surface area contributed by atoms with Gasteiger partial charge in [-0.15, -0.1) is 0 Å². The predicted octanol–water partition coefficient (Wildman–Crippen LogP) is 0.762. The minimum Gasteiger partial charge on any atom is -0.384 e. The van der Waals surface area contributed by atoms with E-state index in [9.17, 15) is 0 Å². The van der Waals surface area contributed by atoms with Crippen molar-refractivity contribution in [2.24, 2.45) is 7.05 Å². The zero-order chi connectivity index (χ0) is 10.0. The zero-order valence-electron chi connectivity index (χ0n) is 8.83. The molecule has 0 saturated carbocycles. The second-order valence-corrected chi connectivity index (χ2v) is 3.40. The molecule has 13 heavy (non-hydrogen) atoms. The summed E-state index contributed by atoms with van der Waals surface area (Å²) in [6, 6.07) is 0. The molecule has 74 valence electrons. The predicted molar refractivity (Wildman–Crippen MR) is 54.4 cm³/mol. The largest absolute Gasteiger partial charge is 0.384 e. The van der Waals surface area contributed by atoms with Gasteiger partial charge in [0, 0.05) is 19.2 Å². The lowest BCUT2D eigenvalue weighted by Gasteiger charge is -2.13. The maximum Gasteiger partial charge on any atom is 0.126 e. The molecule has 0 amide bonds. The highest BCUT2D eigenvalue weighted by Crippen LogP contribution is 2.16. The monoisotopic (exact) mass is 182 g/mol. The Kier molecular flexibility index (Phi) is 2.93. The molecule has 0 aliphatic heterocycles. The summed E-state index contributed by atoms with van der Waals surface area (Å²) in [5.41, 5.74) is 8.05. The lowest BCUT2D eigenvalue weighted by atomic mass is 10.2. The summed E-state index contributed by atoms with van der Waals surface area (Å²) < 4.78 is 1.73. The standard InChI is InChI=1S/C9H18N4/c1-5-12(3)6-8-7(2)11-13(4)9(8)10/h5-6,10H2,1-4H3. The normalized spacial score (nSPS) is 11.2. The highest BCUT2D eigenvalue weighted by molar-refractivity contribution is 5.42. The first kappa shape index (κ1) is 10.1. The van der Waals surface area contributed by atoms with Gasteiger partial charge in [-0.2, -0.15) is 5.10 Å². The van der Waals surface area contributed by atoms with Crippen LogP contribution in [0.2, 0.25) is 0 Å². The van der Waals surface area contributed by atoms with Crippen LogP contribution in [-0.4, -0.2) is 28.3 Å². The molecule has 0 spiro atoms. The molecule has 4 heteroatoms. The SMILES string of the molecule is CCN(C)Cc1c(C)nn(C)c1N. The Morgan fingerprint density at radius 3 is 2.54 bits per heavy atom. The van der Waals surface area contributed by atoms with Crippen molar-refractivity contribution >= 4 is 5.82 Å². The molecule has 0 bridgehead atoms. The average Bonchev–Trinajstić information content (AvgIpc) is 2.32. The molecule has 1 rings (SSSR count). The van der Waals surface area contributed by atoms with Gasteiger partial charge in [-0.25, -0.2) is 0 Å². The summed E-state index contributed by atoms with van der Waals surface area (Å²) >= 11 is 0. The molecule has 0 aromatic carbocycles. The molecule has 0 fully saturated rings. The van der Waals surface area contributed by atoms with Crippen LogP contribution in [0, 0.1) is 6.92 Å². The summed E-state index contributed by atoms with van der Waals surface area (Å²) in [5.74, 6) is 0.776.